The third kappa shape index (κ3) is 1.73. The van der Waals surface area contributed by atoms with Crippen LogP contribution in [0.5, 0.6) is 5.75 Å². The number of hydrogen-bond donors (Lipinski definition) is 2. The zero-order valence-corrected chi connectivity index (χ0v) is 10.1. The quantitative estimate of drug-likeness (QED) is 0.838. The van der Waals surface area contributed by atoms with Crippen LogP contribution in [0.1, 0.15) is 0 Å². The average molecular weight is 242 g/mol. The number of nitrogens with zero attached hydrogens (tertiary/aromatic N) is 2. The van der Waals surface area contributed by atoms with Crippen molar-refractivity contribution in [2.45, 2.75) is 6.54 Å². The second-order valence-corrected chi connectivity index (χ2v) is 4.16. The minimum atomic E-state index is 0.482. The lowest BCUT2D eigenvalue weighted by molar-refractivity contribution is 0.415. The molecule has 0 spiro atoms. The molecular weight excluding hydrogens is 228 g/mol. The van der Waals surface area contributed by atoms with Gasteiger partial charge in [0, 0.05) is 24.7 Å². The lowest BCUT2D eigenvalue weighted by atomic mass is 10.1. The van der Waals surface area contributed by atoms with Gasteiger partial charge in [-0.1, -0.05) is 0 Å². The van der Waals surface area contributed by atoms with E-state index in [-0.39, 0.29) is 0 Å². The molecule has 0 amide bonds. The fraction of sp³-hybridized carbons (Fsp3) is 0.231. The molecular formula is C13H14N4O. The van der Waals surface area contributed by atoms with Crippen LogP contribution < -0.4 is 15.5 Å². The third-order valence-corrected chi connectivity index (χ3v) is 3.05. The zero-order chi connectivity index (χ0) is 12.5. The highest BCUT2D eigenvalue weighted by Gasteiger charge is 2.12. The van der Waals surface area contributed by atoms with Crippen LogP contribution in [-0.4, -0.2) is 23.2 Å². The number of rotatable bonds is 2. The normalized spacial score (nSPS) is 12.9. The zero-order valence-electron chi connectivity index (χ0n) is 10.1. The molecule has 0 saturated heterocycles. The monoisotopic (exact) mass is 242 g/mol. The van der Waals surface area contributed by atoms with Gasteiger partial charge in [0.25, 0.3) is 0 Å². The van der Waals surface area contributed by atoms with Crippen LogP contribution in [0.4, 0.5) is 5.95 Å². The van der Waals surface area contributed by atoms with Crippen molar-refractivity contribution in [1.29, 1.82) is 5.41 Å². The van der Waals surface area contributed by atoms with Crippen LogP contribution >= 0.6 is 0 Å². The largest absolute Gasteiger partial charge is 0.497 e. The van der Waals surface area contributed by atoms with Crippen molar-refractivity contribution in [3.05, 3.63) is 35.8 Å². The molecule has 3 rings (SSSR count). The maximum atomic E-state index is 7.98. The van der Waals surface area contributed by atoms with Gasteiger partial charge in [-0.25, -0.2) is 4.98 Å². The SMILES string of the molecule is COc1ccc(-c2cc(=N)n3c(n2)NCC3)cc1. The number of hydrogen-bond acceptors (Lipinski definition) is 4. The number of fused-ring (bicyclic) bond motifs is 1. The molecule has 2 N–H and O–H groups in total. The molecule has 0 unspecified atom stereocenters. The summed E-state index contributed by atoms with van der Waals surface area (Å²) >= 11 is 0. The molecule has 1 aromatic heterocycles. The smallest absolute Gasteiger partial charge is 0.205 e. The number of nitrogens with one attached hydrogen (secondary N) is 2. The van der Waals surface area contributed by atoms with Gasteiger partial charge in [0.05, 0.1) is 12.8 Å². The van der Waals surface area contributed by atoms with E-state index < -0.39 is 0 Å². The second kappa shape index (κ2) is 4.18. The molecule has 18 heavy (non-hydrogen) atoms. The maximum absolute atomic E-state index is 7.98. The Morgan fingerprint density at radius 2 is 2.11 bits per heavy atom. The Bertz CT molecular complexity index is 630. The van der Waals surface area contributed by atoms with E-state index in [1.807, 2.05) is 28.8 Å². The standard InChI is InChI=1S/C13H14N4O/c1-18-10-4-2-9(3-5-10)11-8-12(14)17-7-6-15-13(17)16-11/h2-5,8,14H,6-7H2,1H3,(H,15,16). The summed E-state index contributed by atoms with van der Waals surface area (Å²) in [6, 6.07) is 9.49. The lowest BCUT2D eigenvalue weighted by Gasteiger charge is -2.07. The van der Waals surface area contributed by atoms with Gasteiger partial charge in [-0.3, -0.25) is 9.98 Å². The van der Waals surface area contributed by atoms with Crippen molar-refractivity contribution in [1.82, 2.24) is 9.55 Å². The van der Waals surface area contributed by atoms with Gasteiger partial charge in [0.2, 0.25) is 5.95 Å². The third-order valence-electron chi connectivity index (χ3n) is 3.05. The predicted molar refractivity (Wildman–Crippen MR) is 68.6 cm³/mol. The molecule has 5 heteroatoms. The fourth-order valence-electron chi connectivity index (χ4n) is 2.08. The minimum absolute atomic E-state index is 0.482. The van der Waals surface area contributed by atoms with Gasteiger partial charge in [0.15, 0.2) is 0 Å². The summed E-state index contributed by atoms with van der Waals surface area (Å²) in [5.41, 5.74) is 2.28. The molecule has 0 fully saturated rings. The van der Waals surface area contributed by atoms with E-state index in [1.54, 1.807) is 13.2 Å². The first-order valence-corrected chi connectivity index (χ1v) is 5.83. The Kier molecular flexibility index (Phi) is 2.51. The fourth-order valence-corrected chi connectivity index (χ4v) is 2.08. The minimum Gasteiger partial charge on any atom is -0.497 e. The van der Waals surface area contributed by atoms with E-state index in [1.165, 1.54) is 0 Å². The molecule has 92 valence electrons. The van der Waals surface area contributed by atoms with Crippen LogP contribution in [0.15, 0.2) is 30.3 Å². The first-order valence-electron chi connectivity index (χ1n) is 5.83. The van der Waals surface area contributed by atoms with Crippen molar-refractivity contribution in [3.8, 4) is 17.0 Å². The molecule has 0 bridgehead atoms. The Hall–Kier alpha value is -2.30. The highest BCUT2D eigenvalue weighted by atomic mass is 16.5. The van der Waals surface area contributed by atoms with Crippen LogP contribution in [0, 0.1) is 5.41 Å². The molecule has 1 aromatic carbocycles. The predicted octanol–water partition coefficient (Wildman–Crippen LogP) is 1.46. The molecule has 5 nitrogen and oxygen atoms in total. The van der Waals surface area contributed by atoms with Gasteiger partial charge >= 0.3 is 0 Å². The van der Waals surface area contributed by atoms with Gasteiger partial charge in [-0.05, 0) is 24.3 Å². The molecule has 1 aliphatic rings. The summed E-state index contributed by atoms with van der Waals surface area (Å²) in [6.07, 6.45) is 0. The highest BCUT2D eigenvalue weighted by Crippen LogP contribution is 2.21. The van der Waals surface area contributed by atoms with Crippen molar-refractivity contribution in [2.24, 2.45) is 0 Å². The molecule has 0 saturated carbocycles. The van der Waals surface area contributed by atoms with Crippen LogP contribution in [0.2, 0.25) is 0 Å². The van der Waals surface area contributed by atoms with E-state index in [2.05, 4.69) is 10.3 Å². The Morgan fingerprint density at radius 1 is 1.33 bits per heavy atom. The number of aromatic nitrogens is 2. The summed E-state index contributed by atoms with van der Waals surface area (Å²) in [5, 5.41) is 11.2. The van der Waals surface area contributed by atoms with Gasteiger partial charge < -0.3 is 10.1 Å². The van der Waals surface area contributed by atoms with E-state index >= 15 is 0 Å². The number of anilines is 1. The first-order chi connectivity index (χ1) is 8.78. The number of ether oxygens (including phenoxy) is 1. The molecule has 2 heterocycles. The molecule has 2 aromatic rings. The summed E-state index contributed by atoms with van der Waals surface area (Å²) in [6.45, 7) is 1.65. The van der Waals surface area contributed by atoms with Crippen molar-refractivity contribution < 1.29 is 4.74 Å². The van der Waals surface area contributed by atoms with Gasteiger partial charge in [0.1, 0.15) is 11.2 Å². The van der Waals surface area contributed by atoms with Crippen molar-refractivity contribution in [3.63, 3.8) is 0 Å². The molecule has 0 radical (unpaired) electrons. The molecule has 0 aliphatic carbocycles. The molecule has 1 aliphatic heterocycles. The average Bonchev–Trinajstić information content (AvgIpc) is 2.88. The second-order valence-electron chi connectivity index (χ2n) is 4.16. The highest BCUT2D eigenvalue weighted by molar-refractivity contribution is 5.61. The Balaban J connectivity index is 2.06. The summed E-state index contributed by atoms with van der Waals surface area (Å²) in [7, 11) is 1.64. The Morgan fingerprint density at radius 3 is 2.83 bits per heavy atom. The van der Waals surface area contributed by atoms with E-state index in [4.69, 9.17) is 10.1 Å². The van der Waals surface area contributed by atoms with E-state index in [0.717, 1.165) is 36.0 Å². The van der Waals surface area contributed by atoms with Gasteiger partial charge in [-0.2, -0.15) is 0 Å². The number of methoxy groups -OCH3 is 1. The molecule has 0 atom stereocenters. The summed E-state index contributed by atoms with van der Waals surface area (Å²) in [4.78, 5) is 4.53. The first kappa shape index (κ1) is 10.8. The van der Waals surface area contributed by atoms with E-state index in [9.17, 15) is 0 Å². The Labute approximate surface area is 105 Å². The maximum Gasteiger partial charge on any atom is 0.205 e. The summed E-state index contributed by atoms with van der Waals surface area (Å²) in [5.74, 6) is 1.59. The van der Waals surface area contributed by atoms with E-state index in [0.29, 0.717) is 5.49 Å². The summed E-state index contributed by atoms with van der Waals surface area (Å²) < 4.78 is 7.00. The topological polar surface area (TPSA) is 62.9 Å². The van der Waals surface area contributed by atoms with Gasteiger partial charge in [-0.15, -0.1) is 0 Å². The van der Waals surface area contributed by atoms with Crippen LogP contribution in [0.25, 0.3) is 11.3 Å². The number of benzene rings is 1. The van der Waals surface area contributed by atoms with Crippen molar-refractivity contribution >= 4 is 5.95 Å². The van der Waals surface area contributed by atoms with Crippen molar-refractivity contribution in [2.75, 3.05) is 19.0 Å². The lowest BCUT2D eigenvalue weighted by Crippen LogP contribution is -2.18. The van der Waals surface area contributed by atoms with Crippen LogP contribution in [-0.2, 0) is 6.54 Å². The van der Waals surface area contributed by atoms with Crippen LogP contribution in [0.3, 0.4) is 0 Å².